The van der Waals surface area contributed by atoms with E-state index in [1.165, 1.54) is 0 Å². The van der Waals surface area contributed by atoms with Crippen molar-refractivity contribution in [3.8, 4) is 11.1 Å². The Morgan fingerprint density at radius 1 is 0.607 bits per heavy atom. The molecule has 0 aliphatic heterocycles. The van der Waals surface area contributed by atoms with Gasteiger partial charge in [-0.1, -0.05) is 83.1 Å². The average molecular weight is 401 g/mol. The van der Waals surface area contributed by atoms with Gasteiger partial charge in [0.25, 0.3) is 0 Å². The van der Waals surface area contributed by atoms with Crippen molar-refractivity contribution < 1.29 is 2.74 Å². The molecule has 0 saturated heterocycles. The topological polar surface area (TPSA) is 12.9 Å². The summed E-state index contributed by atoms with van der Waals surface area (Å²) in [4.78, 5) is 7.05. The zero-order valence-electron chi connectivity index (χ0n) is 22.0. The Balaban J connectivity index is 3.03. The number of hydrogen-bond acceptors (Lipinski definition) is 1. The molecule has 2 rings (SSSR count). The highest BCUT2D eigenvalue weighted by molar-refractivity contribution is 7.12. The fraction of sp³-hybridized carbons (Fsp3) is 0.615. The zero-order valence-corrected chi connectivity index (χ0v) is 20.8. The van der Waals surface area contributed by atoms with Crippen LogP contribution in [0.25, 0.3) is 11.1 Å². The number of hydrogen-bond donors (Lipinski definition) is 0. The summed E-state index contributed by atoms with van der Waals surface area (Å²) in [6.45, 7) is 26.0. The molecule has 1 nitrogen and oxygen atoms in total. The maximum Gasteiger partial charge on any atom is 0.219 e. The molecule has 0 bridgehead atoms. The third-order valence-electron chi connectivity index (χ3n) is 4.69. The van der Waals surface area contributed by atoms with Crippen molar-refractivity contribution in [1.82, 2.24) is 4.98 Å². The van der Waals surface area contributed by atoms with Gasteiger partial charge in [0, 0.05) is 45.1 Å². The maximum absolute atomic E-state index is 9.10. The van der Waals surface area contributed by atoms with Gasteiger partial charge in [-0.2, -0.15) is 0 Å². The lowest BCUT2D eigenvalue weighted by Gasteiger charge is -2.25. The van der Waals surface area contributed by atoms with E-state index in [1.807, 2.05) is 0 Å². The van der Waals surface area contributed by atoms with Crippen LogP contribution < -0.4 is 0 Å². The molecule has 0 N–H and O–H groups in total. The van der Waals surface area contributed by atoms with Gasteiger partial charge in [-0.15, -0.1) is 0 Å². The van der Waals surface area contributed by atoms with E-state index in [0.717, 1.165) is 32.3 Å². The van der Waals surface area contributed by atoms with E-state index < -0.39 is 0 Å². The van der Waals surface area contributed by atoms with Gasteiger partial charge in [0.2, 0.25) is 21.1 Å². The molecular formula is C26H40NS+. The molecular weight excluding hydrogens is 358 g/mol. The van der Waals surface area contributed by atoms with Gasteiger partial charge in [-0.05, 0) is 23.3 Å². The lowest BCUT2D eigenvalue weighted by atomic mass is 9.84. The van der Waals surface area contributed by atoms with Crippen molar-refractivity contribution in [3.63, 3.8) is 0 Å². The smallest absolute Gasteiger partial charge is 0.219 e. The van der Waals surface area contributed by atoms with Crippen LogP contribution in [0.3, 0.4) is 0 Å². The van der Waals surface area contributed by atoms with E-state index in [9.17, 15) is 0 Å². The van der Waals surface area contributed by atoms with Crippen molar-refractivity contribution in [1.29, 1.82) is 0 Å². The highest BCUT2D eigenvalue weighted by Gasteiger charge is 2.32. The second-order valence-electron chi connectivity index (χ2n) is 12.0. The van der Waals surface area contributed by atoms with Gasteiger partial charge >= 0.3 is 0 Å². The predicted molar refractivity (Wildman–Crippen MR) is 127 cm³/mol. The molecule has 2 aromatic heterocycles. The fourth-order valence-electron chi connectivity index (χ4n) is 2.68. The molecule has 0 amide bonds. The second-order valence-corrected chi connectivity index (χ2v) is 13.0. The van der Waals surface area contributed by atoms with Crippen LogP contribution in [0.4, 0.5) is 0 Å². The molecule has 2 heterocycles. The van der Waals surface area contributed by atoms with Crippen LogP contribution in [0.2, 0.25) is 0 Å². The van der Waals surface area contributed by atoms with Crippen molar-refractivity contribution in [2.45, 2.75) is 105 Å². The molecule has 154 valence electrons. The van der Waals surface area contributed by atoms with Crippen LogP contribution in [-0.4, -0.2) is 4.98 Å². The van der Waals surface area contributed by atoms with Gasteiger partial charge < -0.3 is 0 Å². The number of aromatic nitrogens is 1. The summed E-state index contributed by atoms with van der Waals surface area (Å²) in [7, 11) is 0. The SMILES string of the molecule is [2H]c1c(C(C)(C)C)[s+]c(C(C)(C)C)c([2H])c1-c1cc(C(C)(C)C)nc(C(C)(C)C)c1. The third kappa shape index (κ3) is 5.41. The van der Waals surface area contributed by atoms with E-state index in [0.29, 0.717) is 12.1 Å². The molecule has 0 spiro atoms. The Morgan fingerprint density at radius 3 is 1.25 bits per heavy atom. The molecule has 0 atom stereocenters. The molecule has 0 aliphatic carbocycles. The first-order valence-electron chi connectivity index (χ1n) is 11.3. The molecule has 0 aliphatic rings. The minimum absolute atomic E-state index is 0.114. The molecule has 0 saturated carbocycles. The molecule has 0 radical (unpaired) electrons. The molecule has 28 heavy (non-hydrogen) atoms. The number of nitrogens with zero attached hydrogens (tertiary/aromatic N) is 1. The molecule has 2 heteroatoms. The Bertz CT molecular complexity index is 879. The minimum atomic E-state index is -0.156. The zero-order chi connectivity index (χ0) is 23.4. The summed E-state index contributed by atoms with van der Waals surface area (Å²) in [5.74, 6) is 0. The van der Waals surface area contributed by atoms with Crippen molar-refractivity contribution in [2.24, 2.45) is 0 Å². The Morgan fingerprint density at radius 2 is 0.964 bits per heavy atom. The molecule has 0 unspecified atom stereocenters. The summed E-state index contributed by atoms with van der Waals surface area (Å²) in [6, 6.07) is 5.17. The van der Waals surface area contributed by atoms with Crippen LogP contribution in [0.1, 0.15) is 107 Å². The first-order valence-corrected chi connectivity index (χ1v) is 11.1. The largest absolute Gasteiger partial charge is 0.257 e. The summed E-state index contributed by atoms with van der Waals surface area (Å²) in [5.41, 5.74) is 3.15. The fourth-order valence-corrected chi connectivity index (χ4v) is 3.80. The van der Waals surface area contributed by atoms with Crippen LogP contribution in [0.5, 0.6) is 0 Å². The standard InChI is InChI=1S/C26H40NS/c1-23(2,3)19-13-17(14-20(27-19)24(4,5)6)18-15-21(25(7,8)9)28-22(16-18)26(10,11)12/h13-16H,1-12H3/q+1/i15D,16D. The van der Waals surface area contributed by atoms with Crippen molar-refractivity contribution in [3.05, 3.63) is 45.4 Å². The van der Waals surface area contributed by atoms with E-state index in [1.54, 1.807) is 11.3 Å². The molecule has 0 aromatic carbocycles. The van der Waals surface area contributed by atoms with Gasteiger partial charge in [0.15, 0.2) is 0 Å². The van der Waals surface area contributed by atoms with E-state index in [-0.39, 0.29) is 21.7 Å². The highest BCUT2D eigenvalue weighted by Crippen LogP contribution is 2.39. The predicted octanol–water partition coefficient (Wildman–Crippen LogP) is 8.28. The quantitative estimate of drug-likeness (QED) is 0.439. The lowest BCUT2D eigenvalue weighted by molar-refractivity contribution is 0.531. The lowest BCUT2D eigenvalue weighted by Crippen LogP contribution is -2.20. The third-order valence-corrected chi connectivity index (χ3v) is 6.53. The molecule has 2 aromatic rings. The van der Waals surface area contributed by atoms with Gasteiger partial charge in [0.1, 0.15) is 0 Å². The van der Waals surface area contributed by atoms with Crippen LogP contribution in [0.15, 0.2) is 24.2 Å². The van der Waals surface area contributed by atoms with E-state index >= 15 is 0 Å². The summed E-state index contributed by atoms with van der Waals surface area (Å²) < 4.78 is 18.2. The Kier molecular flexibility index (Phi) is 5.15. The van der Waals surface area contributed by atoms with Gasteiger partial charge in [-0.25, -0.2) is 0 Å². The Hall–Kier alpha value is -1.28. The normalized spacial score (nSPS) is 14.7. The van der Waals surface area contributed by atoms with Gasteiger partial charge in [-0.3, -0.25) is 4.98 Å². The Labute approximate surface area is 180 Å². The second kappa shape index (κ2) is 7.20. The first kappa shape index (κ1) is 20.0. The van der Waals surface area contributed by atoms with E-state index in [2.05, 4.69) is 95.2 Å². The van der Waals surface area contributed by atoms with Crippen LogP contribution in [0, 0.1) is 0 Å². The number of pyridine rings is 1. The molecule has 0 fully saturated rings. The van der Waals surface area contributed by atoms with Crippen molar-refractivity contribution >= 4 is 11.3 Å². The van der Waals surface area contributed by atoms with E-state index in [4.69, 9.17) is 7.73 Å². The van der Waals surface area contributed by atoms with Crippen LogP contribution >= 0.6 is 11.3 Å². The highest BCUT2D eigenvalue weighted by atomic mass is 32.1. The first-order chi connectivity index (χ1) is 13.2. The monoisotopic (exact) mass is 400 g/mol. The summed E-state index contributed by atoms with van der Waals surface area (Å²) in [5, 5.41) is 0. The van der Waals surface area contributed by atoms with Crippen molar-refractivity contribution in [2.75, 3.05) is 0 Å². The maximum atomic E-state index is 9.10. The van der Waals surface area contributed by atoms with Crippen LogP contribution in [-0.2, 0) is 21.7 Å². The average Bonchev–Trinajstić information content (AvgIpc) is 2.50. The minimum Gasteiger partial charge on any atom is -0.257 e. The summed E-state index contributed by atoms with van der Waals surface area (Å²) in [6.07, 6.45) is 0. The number of rotatable bonds is 1. The summed E-state index contributed by atoms with van der Waals surface area (Å²) >= 11 is 1.63. The van der Waals surface area contributed by atoms with Gasteiger partial charge in [0.05, 0.1) is 2.74 Å².